The van der Waals surface area contributed by atoms with Crippen molar-refractivity contribution in [2.45, 2.75) is 6.61 Å². The largest absolute Gasteiger partial charge is 0.460 e. The van der Waals surface area contributed by atoms with Crippen molar-refractivity contribution in [1.29, 1.82) is 0 Å². The lowest BCUT2D eigenvalue weighted by Crippen LogP contribution is -2.42. The Bertz CT molecular complexity index is 1010. The van der Waals surface area contributed by atoms with Crippen LogP contribution in [0.25, 0.3) is 0 Å². The van der Waals surface area contributed by atoms with Crippen molar-refractivity contribution in [3.8, 4) is 0 Å². The Hall–Kier alpha value is -2.89. The topological polar surface area (TPSA) is 254 Å². The number of hydrogen-bond acceptors (Lipinski definition) is 17. The molecule has 0 unspecified atom stereocenters. The van der Waals surface area contributed by atoms with Gasteiger partial charge in [0.25, 0.3) is 0 Å². The monoisotopic (exact) mass is 802 g/mol. The van der Waals surface area contributed by atoms with E-state index in [1.165, 1.54) is 0 Å². The molecule has 0 aliphatic carbocycles. The SMILES string of the molecule is NCCOCCN(CCOCCN)CC(=O)NCCOCCN(CCOCCNC(=O)CN(CCOCCN)CCOCCN)CC(=O)OCc1ccccc1. The molecule has 0 heterocycles. The standard InChI is InChI=1S/C37H71N9O10/c38-6-18-50-24-12-44(13-25-51-19-7-39)30-35(47)42-10-22-54-28-16-46(32-37(49)56-33-34-4-2-1-3-5-34)17-29-55-23-11-43-36(48)31-45(14-26-52-20-8-40)15-27-53-21-9-41/h1-5H,6-33,38-41H2,(H,42,47)(H,43,48). The number of nitrogens with two attached hydrogens (primary N) is 4. The molecule has 0 fully saturated rings. The molecule has 19 nitrogen and oxygen atoms in total. The number of benzene rings is 1. The summed E-state index contributed by atoms with van der Waals surface area (Å²) in [5.74, 6) is -0.646. The van der Waals surface area contributed by atoms with E-state index < -0.39 is 0 Å². The Morgan fingerprint density at radius 3 is 1.16 bits per heavy atom. The first-order valence-electron chi connectivity index (χ1n) is 19.6. The van der Waals surface area contributed by atoms with Crippen LogP contribution in [0.5, 0.6) is 0 Å². The molecule has 10 N–H and O–H groups in total. The Morgan fingerprint density at radius 2 is 0.804 bits per heavy atom. The maximum atomic E-state index is 12.7. The van der Waals surface area contributed by atoms with Crippen molar-refractivity contribution in [3.05, 3.63) is 35.9 Å². The highest BCUT2D eigenvalue weighted by Gasteiger charge is 2.14. The van der Waals surface area contributed by atoms with Gasteiger partial charge >= 0.3 is 5.97 Å². The van der Waals surface area contributed by atoms with Gasteiger partial charge in [-0.3, -0.25) is 29.1 Å². The van der Waals surface area contributed by atoms with Crippen molar-refractivity contribution < 1.29 is 47.5 Å². The molecule has 0 saturated carbocycles. The number of carbonyl (C=O) groups is 3. The average molecular weight is 802 g/mol. The molecule has 1 rings (SSSR count). The number of ether oxygens (including phenoxy) is 7. The number of nitrogens with zero attached hydrogens (tertiary/aromatic N) is 3. The van der Waals surface area contributed by atoms with Crippen LogP contribution in [0.15, 0.2) is 30.3 Å². The third-order valence-corrected chi connectivity index (χ3v) is 7.83. The molecule has 324 valence electrons. The van der Waals surface area contributed by atoms with Crippen molar-refractivity contribution in [1.82, 2.24) is 25.3 Å². The van der Waals surface area contributed by atoms with Gasteiger partial charge in [0.2, 0.25) is 11.8 Å². The fraction of sp³-hybridized carbons (Fsp3) is 0.757. The van der Waals surface area contributed by atoms with Crippen LogP contribution in [-0.2, 0) is 54.1 Å². The van der Waals surface area contributed by atoms with E-state index in [-0.39, 0.29) is 44.0 Å². The van der Waals surface area contributed by atoms with E-state index in [4.69, 9.17) is 56.1 Å². The Labute approximate surface area is 333 Å². The zero-order chi connectivity index (χ0) is 40.7. The van der Waals surface area contributed by atoms with Crippen LogP contribution < -0.4 is 33.6 Å². The minimum Gasteiger partial charge on any atom is -0.460 e. The number of hydrogen-bond donors (Lipinski definition) is 6. The quantitative estimate of drug-likeness (QED) is 0.0282. The molecule has 19 heteroatoms. The minimum absolute atomic E-state index is 0.0483. The number of nitrogens with one attached hydrogen (secondary N) is 2. The molecule has 56 heavy (non-hydrogen) atoms. The molecule has 1 aromatic carbocycles. The molecule has 0 aliphatic heterocycles. The lowest BCUT2D eigenvalue weighted by molar-refractivity contribution is -0.146. The van der Waals surface area contributed by atoms with Gasteiger partial charge in [0, 0.05) is 78.5 Å². The Morgan fingerprint density at radius 1 is 0.464 bits per heavy atom. The van der Waals surface area contributed by atoms with E-state index in [2.05, 4.69) is 10.6 Å². The summed E-state index contributed by atoms with van der Waals surface area (Å²) < 4.78 is 38.9. The summed E-state index contributed by atoms with van der Waals surface area (Å²) in [7, 11) is 0. The molecule has 0 saturated heterocycles. The van der Waals surface area contributed by atoms with Gasteiger partial charge in [-0.1, -0.05) is 30.3 Å². The minimum atomic E-state index is -0.369. The predicted octanol–water partition coefficient (Wildman–Crippen LogP) is -3.20. The third-order valence-electron chi connectivity index (χ3n) is 7.83. The third kappa shape index (κ3) is 31.2. The summed E-state index contributed by atoms with van der Waals surface area (Å²) in [6, 6.07) is 9.47. The van der Waals surface area contributed by atoms with Gasteiger partial charge in [-0.25, -0.2) is 0 Å². The van der Waals surface area contributed by atoms with Crippen molar-refractivity contribution in [2.24, 2.45) is 22.9 Å². The van der Waals surface area contributed by atoms with Gasteiger partial charge in [-0.05, 0) is 5.56 Å². The lowest BCUT2D eigenvalue weighted by Gasteiger charge is -2.22. The highest BCUT2D eigenvalue weighted by atomic mass is 16.5. The van der Waals surface area contributed by atoms with E-state index in [1.807, 2.05) is 45.0 Å². The molecular weight excluding hydrogens is 730 g/mol. The molecular formula is C37H71N9O10. The molecule has 0 bridgehead atoms. The summed E-state index contributed by atoms with van der Waals surface area (Å²) in [6.07, 6.45) is 0. The van der Waals surface area contributed by atoms with Gasteiger partial charge in [0.15, 0.2) is 0 Å². The molecule has 0 aliphatic rings. The van der Waals surface area contributed by atoms with Crippen LogP contribution in [-0.4, -0.2) is 210 Å². The highest BCUT2D eigenvalue weighted by molar-refractivity contribution is 5.78. The first kappa shape index (κ1) is 51.1. The van der Waals surface area contributed by atoms with Gasteiger partial charge in [-0.15, -0.1) is 0 Å². The maximum absolute atomic E-state index is 12.7. The Kier molecular flexibility index (Phi) is 34.4. The molecule has 0 aromatic heterocycles. The van der Waals surface area contributed by atoms with Crippen molar-refractivity contribution in [3.63, 3.8) is 0 Å². The summed E-state index contributed by atoms with van der Waals surface area (Å²) >= 11 is 0. The van der Waals surface area contributed by atoms with Crippen LogP contribution >= 0.6 is 0 Å². The molecule has 0 atom stereocenters. The second kappa shape index (κ2) is 37.7. The summed E-state index contributed by atoms with van der Waals surface area (Å²) in [5.41, 5.74) is 22.9. The van der Waals surface area contributed by atoms with E-state index in [0.29, 0.717) is 158 Å². The molecule has 0 radical (unpaired) electrons. The molecule has 1 aromatic rings. The predicted molar refractivity (Wildman–Crippen MR) is 213 cm³/mol. The van der Waals surface area contributed by atoms with Crippen LogP contribution in [0.1, 0.15) is 5.56 Å². The number of esters is 1. The van der Waals surface area contributed by atoms with E-state index in [9.17, 15) is 14.4 Å². The van der Waals surface area contributed by atoms with Gasteiger partial charge < -0.3 is 66.7 Å². The molecule has 2 amide bonds. The first-order chi connectivity index (χ1) is 27.4. The van der Waals surface area contributed by atoms with Crippen molar-refractivity contribution >= 4 is 17.8 Å². The zero-order valence-electron chi connectivity index (χ0n) is 33.4. The van der Waals surface area contributed by atoms with Crippen LogP contribution in [0.2, 0.25) is 0 Å². The van der Waals surface area contributed by atoms with E-state index >= 15 is 0 Å². The fourth-order valence-electron chi connectivity index (χ4n) is 4.93. The second-order valence-electron chi connectivity index (χ2n) is 12.5. The number of amides is 2. The fourth-order valence-corrected chi connectivity index (χ4v) is 4.93. The number of rotatable bonds is 40. The normalized spacial score (nSPS) is 11.5. The summed E-state index contributed by atoms with van der Waals surface area (Å²) in [5, 5.41) is 5.76. The van der Waals surface area contributed by atoms with Crippen LogP contribution in [0, 0.1) is 0 Å². The van der Waals surface area contributed by atoms with Crippen LogP contribution in [0.4, 0.5) is 0 Å². The Balaban J connectivity index is 2.48. The van der Waals surface area contributed by atoms with E-state index in [0.717, 1.165) is 5.56 Å². The maximum Gasteiger partial charge on any atom is 0.320 e. The zero-order valence-corrected chi connectivity index (χ0v) is 33.4. The van der Waals surface area contributed by atoms with E-state index in [1.54, 1.807) is 0 Å². The van der Waals surface area contributed by atoms with Gasteiger partial charge in [-0.2, -0.15) is 0 Å². The lowest BCUT2D eigenvalue weighted by atomic mass is 10.2. The van der Waals surface area contributed by atoms with Gasteiger partial charge in [0.1, 0.15) is 6.61 Å². The average Bonchev–Trinajstić information content (AvgIpc) is 3.20. The smallest absolute Gasteiger partial charge is 0.320 e. The summed E-state index contributed by atoms with van der Waals surface area (Å²) in [4.78, 5) is 43.7. The number of carbonyl (C=O) groups excluding carboxylic acids is 3. The highest BCUT2D eigenvalue weighted by Crippen LogP contribution is 2.02. The summed E-state index contributed by atoms with van der Waals surface area (Å²) in [6.45, 7) is 11.1. The first-order valence-corrected chi connectivity index (χ1v) is 19.6. The van der Waals surface area contributed by atoms with Crippen molar-refractivity contribution in [2.75, 3.05) is 177 Å². The van der Waals surface area contributed by atoms with Gasteiger partial charge in [0.05, 0.1) is 98.9 Å². The molecule has 0 spiro atoms. The van der Waals surface area contributed by atoms with Crippen LogP contribution in [0.3, 0.4) is 0 Å². The second-order valence-corrected chi connectivity index (χ2v) is 12.5.